The molecule has 0 fully saturated rings. The number of sulfone groups is 1. The van der Waals surface area contributed by atoms with E-state index in [4.69, 9.17) is 0 Å². The zero-order valence-electron chi connectivity index (χ0n) is 15.7. The SMILES string of the molecule is CC(C)(O)C#Cc1ccccc1S(=O)(=O)c1ccccc1C#CC(C)(C)O. The van der Waals surface area contributed by atoms with Crippen molar-refractivity contribution in [1.82, 2.24) is 0 Å². The van der Waals surface area contributed by atoms with Gasteiger partial charge in [0, 0.05) is 11.1 Å². The van der Waals surface area contributed by atoms with Crippen LogP contribution in [0.1, 0.15) is 38.8 Å². The van der Waals surface area contributed by atoms with E-state index in [0.29, 0.717) is 11.1 Å². The summed E-state index contributed by atoms with van der Waals surface area (Å²) in [5, 5.41) is 19.6. The Bertz CT molecular complexity index is 980. The molecule has 0 spiro atoms. The molecule has 0 unspecified atom stereocenters. The Kier molecular flexibility index (Phi) is 5.82. The van der Waals surface area contributed by atoms with Crippen LogP contribution in [0, 0.1) is 23.7 Å². The van der Waals surface area contributed by atoms with Crippen LogP contribution in [0.3, 0.4) is 0 Å². The second-order valence-electron chi connectivity index (χ2n) is 7.11. The van der Waals surface area contributed by atoms with Crippen molar-refractivity contribution >= 4 is 9.84 Å². The highest BCUT2D eigenvalue weighted by Gasteiger charge is 2.23. The Balaban J connectivity index is 2.65. The summed E-state index contributed by atoms with van der Waals surface area (Å²) in [6.07, 6.45) is 0. The largest absolute Gasteiger partial charge is 0.378 e. The maximum atomic E-state index is 13.3. The molecule has 5 heteroatoms. The molecule has 2 rings (SSSR count). The minimum absolute atomic E-state index is 0.0410. The van der Waals surface area contributed by atoms with Gasteiger partial charge in [0.05, 0.1) is 9.79 Å². The fourth-order valence-electron chi connectivity index (χ4n) is 2.17. The van der Waals surface area contributed by atoms with Crippen LogP contribution in [0.5, 0.6) is 0 Å². The summed E-state index contributed by atoms with van der Waals surface area (Å²) in [7, 11) is -3.90. The van der Waals surface area contributed by atoms with Crippen LogP contribution in [-0.4, -0.2) is 29.8 Å². The molecule has 4 nitrogen and oxygen atoms in total. The first kappa shape index (κ1) is 20.7. The third-order valence-electron chi connectivity index (χ3n) is 3.36. The Morgan fingerprint density at radius 3 is 1.37 bits per heavy atom. The maximum Gasteiger partial charge on any atom is 0.209 e. The Morgan fingerprint density at radius 2 is 1.04 bits per heavy atom. The van der Waals surface area contributed by atoms with Crippen LogP contribution in [0.2, 0.25) is 0 Å². The highest BCUT2D eigenvalue weighted by atomic mass is 32.2. The van der Waals surface area contributed by atoms with E-state index in [1.54, 1.807) is 36.4 Å². The predicted molar refractivity (Wildman–Crippen MR) is 105 cm³/mol. The van der Waals surface area contributed by atoms with Crippen LogP contribution >= 0.6 is 0 Å². The number of benzene rings is 2. The zero-order valence-corrected chi connectivity index (χ0v) is 16.6. The molecular weight excluding hydrogens is 360 g/mol. The van der Waals surface area contributed by atoms with Crippen LogP contribution in [0.25, 0.3) is 0 Å². The van der Waals surface area contributed by atoms with Gasteiger partial charge in [0.2, 0.25) is 9.84 Å². The van der Waals surface area contributed by atoms with Gasteiger partial charge in [0.15, 0.2) is 0 Å². The molecule has 2 N–H and O–H groups in total. The second kappa shape index (κ2) is 7.58. The van der Waals surface area contributed by atoms with Crippen molar-refractivity contribution in [3.8, 4) is 23.7 Å². The van der Waals surface area contributed by atoms with E-state index in [9.17, 15) is 18.6 Å². The first-order valence-electron chi connectivity index (χ1n) is 8.34. The van der Waals surface area contributed by atoms with Crippen LogP contribution in [-0.2, 0) is 9.84 Å². The molecule has 0 atom stereocenters. The van der Waals surface area contributed by atoms with Gasteiger partial charge < -0.3 is 10.2 Å². The van der Waals surface area contributed by atoms with Crippen LogP contribution in [0.15, 0.2) is 58.3 Å². The fourth-order valence-corrected chi connectivity index (χ4v) is 3.74. The van der Waals surface area contributed by atoms with Gasteiger partial charge in [-0.05, 0) is 52.0 Å². The monoisotopic (exact) mass is 382 g/mol. The summed E-state index contributed by atoms with van der Waals surface area (Å²) in [5.74, 6) is 10.8. The molecule has 0 aromatic heterocycles. The first-order chi connectivity index (χ1) is 12.4. The molecule has 0 bridgehead atoms. The molecule has 0 aliphatic rings. The average Bonchev–Trinajstić information content (AvgIpc) is 2.57. The fraction of sp³-hybridized carbons (Fsp3) is 0.273. The molecule has 0 radical (unpaired) electrons. The summed E-state index contributed by atoms with van der Waals surface area (Å²) in [6, 6.07) is 12.8. The lowest BCUT2D eigenvalue weighted by Crippen LogP contribution is -2.15. The third kappa shape index (κ3) is 5.70. The summed E-state index contributed by atoms with van der Waals surface area (Å²) < 4.78 is 26.5. The minimum Gasteiger partial charge on any atom is -0.378 e. The summed E-state index contributed by atoms with van der Waals surface area (Å²) in [5.41, 5.74) is -1.89. The van der Waals surface area contributed by atoms with E-state index in [1.807, 2.05) is 0 Å². The van der Waals surface area contributed by atoms with E-state index in [-0.39, 0.29) is 9.79 Å². The van der Waals surface area contributed by atoms with E-state index in [0.717, 1.165) is 0 Å². The molecule has 0 aliphatic heterocycles. The average molecular weight is 382 g/mol. The Morgan fingerprint density at radius 1 is 0.704 bits per heavy atom. The number of rotatable bonds is 2. The van der Waals surface area contributed by atoms with E-state index < -0.39 is 21.0 Å². The van der Waals surface area contributed by atoms with E-state index in [1.165, 1.54) is 39.8 Å². The topological polar surface area (TPSA) is 74.6 Å². The molecule has 27 heavy (non-hydrogen) atoms. The molecule has 2 aromatic carbocycles. The standard InChI is InChI=1S/C22H22O4S/c1-21(2,23)15-13-17-9-5-7-11-19(17)27(25,26)20-12-8-6-10-18(20)14-16-22(3,4)24/h5-12,23-24H,1-4H3. The normalized spacial score (nSPS) is 11.8. The smallest absolute Gasteiger partial charge is 0.209 e. The van der Waals surface area contributed by atoms with Gasteiger partial charge >= 0.3 is 0 Å². The van der Waals surface area contributed by atoms with E-state index >= 15 is 0 Å². The second-order valence-corrected chi connectivity index (χ2v) is 9.00. The molecule has 0 saturated heterocycles. The van der Waals surface area contributed by atoms with Crippen molar-refractivity contribution in [2.45, 2.75) is 48.7 Å². The van der Waals surface area contributed by atoms with Crippen molar-refractivity contribution in [1.29, 1.82) is 0 Å². The lowest BCUT2D eigenvalue weighted by atomic mass is 10.1. The quantitative estimate of drug-likeness (QED) is 0.784. The summed E-state index contributed by atoms with van der Waals surface area (Å²) in [6.45, 7) is 6.11. The molecule has 0 heterocycles. The van der Waals surface area contributed by atoms with Gasteiger partial charge in [-0.25, -0.2) is 8.42 Å². The maximum absolute atomic E-state index is 13.3. The minimum atomic E-state index is -3.90. The van der Waals surface area contributed by atoms with Gasteiger partial charge in [0.1, 0.15) is 11.2 Å². The molecule has 2 aromatic rings. The molecular formula is C22H22O4S. The van der Waals surface area contributed by atoms with Gasteiger partial charge in [-0.1, -0.05) is 47.9 Å². The van der Waals surface area contributed by atoms with Crippen molar-refractivity contribution in [3.63, 3.8) is 0 Å². The van der Waals surface area contributed by atoms with Crippen molar-refractivity contribution in [3.05, 3.63) is 59.7 Å². The molecule has 0 aliphatic carbocycles. The highest BCUT2D eigenvalue weighted by Crippen LogP contribution is 2.26. The molecule has 0 amide bonds. The number of hydrogen-bond acceptors (Lipinski definition) is 4. The zero-order chi connectivity index (χ0) is 20.3. The third-order valence-corrected chi connectivity index (χ3v) is 5.23. The number of aliphatic hydroxyl groups is 2. The highest BCUT2D eigenvalue weighted by molar-refractivity contribution is 7.91. The lowest BCUT2D eigenvalue weighted by molar-refractivity contribution is 0.143. The van der Waals surface area contributed by atoms with Gasteiger partial charge in [-0.2, -0.15) is 0 Å². The Labute approximate surface area is 160 Å². The first-order valence-corrected chi connectivity index (χ1v) is 9.83. The van der Waals surface area contributed by atoms with Crippen LogP contribution < -0.4 is 0 Å². The van der Waals surface area contributed by atoms with Gasteiger partial charge in [-0.3, -0.25) is 0 Å². The van der Waals surface area contributed by atoms with Crippen LogP contribution in [0.4, 0.5) is 0 Å². The van der Waals surface area contributed by atoms with Crippen molar-refractivity contribution in [2.75, 3.05) is 0 Å². The van der Waals surface area contributed by atoms with Crippen molar-refractivity contribution in [2.24, 2.45) is 0 Å². The van der Waals surface area contributed by atoms with Crippen molar-refractivity contribution < 1.29 is 18.6 Å². The van der Waals surface area contributed by atoms with Gasteiger partial charge in [0.25, 0.3) is 0 Å². The lowest BCUT2D eigenvalue weighted by Gasteiger charge is -2.11. The van der Waals surface area contributed by atoms with Gasteiger partial charge in [-0.15, -0.1) is 0 Å². The van der Waals surface area contributed by atoms with E-state index in [2.05, 4.69) is 23.7 Å². The molecule has 140 valence electrons. The number of hydrogen-bond donors (Lipinski definition) is 2. The molecule has 0 saturated carbocycles. The summed E-state index contributed by atoms with van der Waals surface area (Å²) in [4.78, 5) is 0.0820. The summed E-state index contributed by atoms with van der Waals surface area (Å²) >= 11 is 0. The predicted octanol–water partition coefficient (Wildman–Crippen LogP) is 2.76. The Hall–Kier alpha value is -2.57.